The second kappa shape index (κ2) is 5.97. The Kier molecular flexibility index (Phi) is 4.03. The zero-order chi connectivity index (χ0) is 15.6. The molecule has 22 heavy (non-hydrogen) atoms. The van der Waals surface area contributed by atoms with Crippen molar-refractivity contribution in [2.45, 2.75) is 30.8 Å². The molecule has 0 saturated carbocycles. The molecule has 0 aliphatic carbocycles. The van der Waals surface area contributed by atoms with Gasteiger partial charge in [0.2, 0.25) is 0 Å². The lowest BCUT2D eigenvalue weighted by atomic mass is 9.82. The Morgan fingerprint density at radius 1 is 1.23 bits per heavy atom. The van der Waals surface area contributed by atoms with E-state index in [4.69, 9.17) is 9.47 Å². The van der Waals surface area contributed by atoms with Crippen molar-refractivity contribution in [2.24, 2.45) is 0 Å². The highest BCUT2D eigenvalue weighted by Crippen LogP contribution is 2.41. The van der Waals surface area contributed by atoms with Crippen LogP contribution in [0, 0.1) is 0 Å². The van der Waals surface area contributed by atoms with Crippen molar-refractivity contribution in [3.05, 3.63) is 59.9 Å². The Morgan fingerprint density at radius 2 is 1.91 bits per heavy atom. The van der Waals surface area contributed by atoms with Crippen molar-refractivity contribution in [3.63, 3.8) is 0 Å². The van der Waals surface area contributed by atoms with Crippen LogP contribution in [0.3, 0.4) is 0 Å². The molecule has 0 aromatic heterocycles. The van der Waals surface area contributed by atoms with Gasteiger partial charge in [-0.25, -0.2) is 4.79 Å². The molecule has 116 valence electrons. The van der Waals surface area contributed by atoms with E-state index in [1.807, 2.05) is 30.3 Å². The summed E-state index contributed by atoms with van der Waals surface area (Å²) in [6.07, 6.45) is 3.28. The fraction of sp³-hybridized carbons (Fsp3) is 0.389. The lowest BCUT2D eigenvalue weighted by molar-refractivity contribution is -0.169. The van der Waals surface area contributed by atoms with E-state index in [0.29, 0.717) is 38.0 Å². The van der Waals surface area contributed by atoms with Crippen LogP contribution in [0.4, 0.5) is 0 Å². The van der Waals surface area contributed by atoms with Gasteiger partial charge in [0.15, 0.2) is 0 Å². The molecule has 1 unspecified atom stereocenters. The van der Waals surface area contributed by atoms with Crippen LogP contribution >= 0.6 is 0 Å². The smallest absolute Gasteiger partial charge is 0.338 e. The van der Waals surface area contributed by atoms with Gasteiger partial charge in [-0.1, -0.05) is 36.4 Å². The van der Waals surface area contributed by atoms with Gasteiger partial charge in [-0.15, -0.1) is 6.58 Å². The summed E-state index contributed by atoms with van der Waals surface area (Å²) in [6, 6.07) is 9.54. The predicted molar refractivity (Wildman–Crippen MR) is 82.5 cm³/mol. The highest BCUT2D eigenvalue weighted by atomic mass is 16.6. The van der Waals surface area contributed by atoms with E-state index in [0.717, 1.165) is 5.56 Å². The molecule has 1 fully saturated rings. The molecule has 1 atom stereocenters. The van der Waals surface area contributed by atoms with Gasteiger partial charge in [0, 0.05) is 25.2 Å². The average molecular weight is 300 g/mol. The minimum Gasteiger partial charge on any atom is -0.512 e. The van der Waals surface area contributed by atoms with Crippen molar-refractivity contribution in [1.29, 1.82) is 0 Å². The van der Waals surface area contributed by atoms with Gasteiger partial charge in [0.1, 0.15) is 11.4 Å². The van der Waals surface area contributed by atoms with Gasteiger partial charge in [-0.2, -0.15) is 0 Å². The van der Waals surface area contributed by atoms with Crippen LogP contribution in [0.15, 0.2) is 54.3 Å². The lowest BCUT2D eigenvalue weighted by Crippen LogP contribution is -2.45. The maximum atomic E-state index is 12.5. The number of allylic oxidation sites excluding steroid dienone is 1. The largest absolute Gasteiger partial charge is 0.512 e. The Bertz CT molecular complexity index is 597. The van der Waals surface area contributed by atoms with Gasteiger partial charge in [-0.05, 0) is 5.56 Å². The van der Waals surface area contributed by atoms with Gasteiger partial charge < -0.3 is 14.6 Å². The lowest BCUT2D eigenvalue weighted by Gasteiger charge is -2.40. The van der Waals surface area contributed by atoms with E-state index < -0.39 is 11.6 Å². The molecule has 0 amide bonds. The summed E-state index contributed by atoms with van der Waals surface area (Å²) in [7, 11) is 0. The monoisotopic (exact) mass is 300 g/mol. The molecule has 1 aromatic carbocycles. The van der Waals surface area contributed by atoms with Crippen LogP contribution in [0.5, 0.6) is 0 Å². The average Bonchev–Trinajstić information content (AvgIpc) is 2.52. The summed E-state index contributed by atoms with van der Waals surface area (Å²) in [5.41, 5.74) is 0.614. The summed E-state index contributed by atoms with van der Waals surface area (Å²) in [5, 5.41) is 10.5. The standard InChI is InChI=1S/C18H20O4/c1-2-14(13-6-4-3-5-7-13)16-15(19)12-18(22-17(16)20)8-10-21-11-9-18/h2-7,14,19H,1,8-12H2. The minimum atomic E-state index is -0.606. The highest BCUT2D eigenvalue weighted by Gasteiger charge is 2.44. The van der Waals surface area contributed by atoms with Crippen LogP contribution < -0.4 is 0 Å². The summed E-state index contributed by atoms with van der Waals surface area (Å²) >= 11 is 0. The van der Waals surface area contributed by atoms with E-state index in [1.165, 1.54) is 0 Å². The van der Waals surface area contributed by atoms with Crippen LogP contribution in [0.25, 0.3) is 0 Å². The first-order chi connectivity index (χ1) is 10.7. The third-order valence-corrected chi connectivity index (χ3v) is 4.44. The molecule has 4 heteroatoms. The first-order valence-corrected chi connectivity index (χ1v) is 7.56. The number of aliphatic hydroxyl groups is 1. The first kappa shape index (κ1) is 14.9. The predicted octanol–water partition coefficient (Wildman–Crippen LogP) is 3.26. The van der Waals surface area contributed by atoms with Gasteiger partial charge >= 0.3 is 5.97 Å². The number of rotatable bonds is 3. The van der Waals surface area contributed by atoms with Crippen molar-refractivity contribution in [1.82, 2.24) is 0 Å². The van der Waals surface area contributed by atoms with Crippen LogP contribution in [-0.2, 0) is 14.3 Å². The first-order valence-electron chi connectivity index (χ1n) is 7.56. The quantitative estimate of drug-likeness (QED) is 0.687. The summed E-state index contributed by atoms with van der Waals surface area (Å²) in [5.74, 6) is -0.683. The number of carbonyl (C=O) groups excluding carboxylic acids is 1. The number of hydrogen-bond donors (Lipinski definition) is 1. The fourth-order valence-corrected chi connectivity index (χ4v) is 3.22. The molecule has 2 aliphatic heterocycles. The number of ether oxygens (including phenoxy) is 2. The molecular formula is C18H20O4. The highest BCUT2D eigenvalue weighted by molar-refractivity contribution is 5.92. The van der Waals surface area contributed by atoms with Crippen LogP contribution in [0.2, 0.25) is 0 Å². The topological polar surface area (TPSA) is 55.8 Å². The van der Waals surface area contributed by atoms with E-state index in [2.05, 4.69) is 6.58 Å². The number of hydrogen-bond acceptors (Lipinski definition) is 4. The molecule has 1 aromatic rings. The SMILES string of the molecule is C=CC(C1=C(O)CC2(CCOCC2)OC1=O)c1ccccc1. The second-order valence-electron chi connectivity index (χ2n) is 5.85. The van der Waals surface area contributed by atoms with Crippen molar-refractivity contribution >= 4 is 5.97 Å². The Morgan fingerprint density at radius 3 is 2.50 bits per heavy atom. The number of esters is 1. The number of carbonyl (C=O) groups is 1. The van der Waals surface area contributed by atoms with Gasteiger partial charge in [-0.3, -0.25) is 0 Å². The van der Waals surface area contributed by atoms with E-state index in [9.17, 15) is 9.90 Å². The molecule has 4 nitrogen and oxygen atoms in total. The van der Waals surface area contributed by atoms with Gasteiger partial charge in [0.05, 0.1) is 18.8 Å². The van der Waals surface area contributed by atoms with Crippen LogP contribution in [0.1, 0.15) is 30.7 Å². The fourth-order valence-electron chi connectivity index (χ4n) is 3.22. The zero-order valence-corrected chi connectivity index (χ0v) is 12.5. The molecule has 1 saturated heterocycles. The summed E-state index contributed by atoms with van der Waals surface area (Å²) < 4.78 is 11.0. The normalized spacial score (nSPS) is 22.3. The van der Waals surface area contributed by atoms with Gasteiger partial charge in [0.25, 0.3) is 0 Å². The Labute approximate surface area is 130 Å². The third-order valence-electron chi connectivity index (χ3n) is 4.44. The van der Waals surface area contributed by atoms with E-state index in [1.54, 1.807) is 6.08 Å². The summed E-state index contributed by atoms with van der Waals surface area (Å²) in [4.78, 5) is 12.5. The van der Waals surface area contributed by atoms with Crippen molar-refractivity contribution in [3.8, 4) is 0 Å². The maximum absolute atomic E-state index is 12.5. The molecule has 1 spiro atoms. The molecule has 2 heterocycles. The zero-order valence-electron chi connectivity index (χ0n) is 12.5. The number of aliphatic hydroxyl groups excluding tert-OH is 1. The molecular weight excluding hydrogens is 280 g/mol. The Hall–Kier alpha value is -2.07. The third kappa shape index (κ3) is 2.66. The molecule has 3 rings (SSSR count). The summed E-state index contributed by atoms with van der Waals surface area (Å²) in [6.45, 7) is 4.92. The van der Waals surface area contributed by atoms with Crippen LogP contribution in [-0.4, -0.2) is 29.9 Å². The van der Waals surface area contributed by atoms with Crippen molar-refractivity contribution in [2.75, 3.05) is 13.2 Å². The number of benzene rings is 1. The second-order valence-corrected chi connectivity index (χ2v) is 5.85. The van der Waals surface area contributed by atoms with E-state index in [-0.39, 0.29) is 11.7 Å². The molecule has 2 aliphatic rings. The van der Waals surface area contributed by atoms with E-state index >= 15 is 0 Å². The van der Waals surface area contributed by atoms with Crippen molar-refractivity contribution < 1.29 is 19.4 Å². The molecule has 0 radical (unpaired) electrons. The molecule has 1 N–H and O–H groups in total. The maximum Gasteiger partial charge on any atom is 0.338 e. The minimum absolute atomic E-state index is 0.118. The Balaban J connectivity index is 1.94. The molecule has 0 bridgehead atoms.